The minimum absolute atomic E-state index is 0.256. The number of aromatic amines is 1. The topological polar surface area (TPSA) is 71.8 Å². The Hall–Kier alpha value is -1.66. The van der Waals surface area contributed by atoms with Gasteiger partial charge in [-0.2, -0.15) is 0 Å². The Morgan fingerprint density at radius 1 is 1.47 bits per heavy atom. The molecule has 0 aliphatic rings. The van der Waals surface area contributed by atoms with Crippen LogP contribution >= 0.6 is 11.8 Å². The fraction of sp³-hybridized carbons (Fsp3) is 0.231. The van der Waals surface area contributed by atoms with Gasteiger partial charge in [-0.05, 0) is 37.2 Å². The van der Waals surface area contributed by atoms with Crippen LogP contribution in [0.4, 0.5) is 4.39 Å². The molecular formula is C13H14FN3OS. The van der Waals surface area contributed by atoms with Crippen LogP contribution in [0.2, 0.25) is 0 Å². The van der Waals surface area contributed by atoms with E-state index in [0.717, 1.165) is 11.8 Å². The second-order valence-electron chi connectivity index (χ2n) is 4.24. The molecule has 6 heteroatoms. The van der Waals surface area contributed by atoms with Gasteiger partial charge in [0.1, 0.15) is 5.82 Å². The molecule has 1 atom stereocenters. The summed E-state index contributed by atoms with van der Waals surface area (Å²) >= 11 is 1.08. The molecule has 0 radical (unpaired) electrons. The molecule has 3 N–H and O–H groups in total. The Labute approximate surface area is 114 Å². The normalized spacial score (nSPS) is 12.4. The van der Waals surface area contributed by atoms with Crippen molar-refractivity contribution < 1.29 is 4.39 Å². The summed E-state index contributed by atoms with van der Waals surface area (Å²) in [4.78, 5) is 18.5. The third-order valence-corrected chi connectivity index (χ3v) is 3.56. The molecule has 0 saturated heterocycles. The first-order valence-corrected chi connectivity index (χ1v) is 6.59. The van der Waals surface area contributed by atoms with E-state index >= 15 is 0 Å². The predicted molar refractivity (Wildman–Crippen MR) is 72.7 cm³/mol. The van der Waals surface area contributed by atoms with Crippen LogP contribution < -0.4 is 11.3 Å². The number of rotatable bonds is 3. The van der Waals surface area contributed by atoms with Gasteiger partial charge in [0.25, 0.3) is 5.56 Å². The van der Waals surface area contributed by atoms with Crippen LogP contribution in [0, 0.1) is 12.7 Å². The molecule has 1 aromatic heterocycles. The van der Waals surface area contributed by atoms with E-state index in [-0.39, 0.29) is 17.4 Å². The van der Waals surface area contributed by atoms with Gasteiger partial charge in [0.2, 0.25) is 0 Å². The van der Waals surface area contributed by atoms with E-state index in [9.17, 15) is 9.18 Å². The highest BCUT2D eigenvalue weighted by Gasteiger charge is 2.14. The maximum Gasteiger partial charge on any atom is 0.251 e. The summed E-state index contributed by atoms with van der Waals surface area (Å²) < 4.78 is 13.9. The lowest BCUT2D eigenvalue weighted by Gasteiger charge is -2.12. The van der Waals surface area contributed by atoms with Crippen molar-refractivity contribution >= 4 is 11.8 Å². The first kappa shape index (κ1) is 13.8. The number of aromatic nitrogens is 2. The lowest BCUT2D eigenvalue weighted by atomic mass is 10.1. The van der Waals surface area contributed by atoms with Gasteiger partial charge in [-0.1, -0.05) is 12.1 Å². The second kappa shape index (κ2) is 5.54. The molecule has 0 aliphatic carbocycles. The number of benzene rings is 1. The fourth-order valence-electron chi connectivity index (χ4n) is 1.69. The molecule has 0 unspecified atom stereocenters. The lowest BCUT2D eigenvalue weighted by Crippen LogP contribution is -2.10. The van der Waals surface area contributed by atoms with Gasteiger partial charge in [0.05, 0.1) is 4.90 Å². The van der Waals surface area contributed by atoms with Crippen LogP contribution in [-0.4, -0.2) is 9.97 Å². The highest BCUT2D eigenvalue weighted by Crippen LogP contribution is 2.32. The summed E-state index contributed by atoms with van der Waals surface area (Å²) in [5, 5.41) is 0.358. The molecule has 0 saturated carbocycles. The summed E-state index contributed by atoms with van der Waals surface area (Å²) in [6.45, 7) is 3.50. The van der Waals surface area contributed by atoms with Crippen LogP contribution in [0.3, 0.4) is 0 Å². The van der Waals surface area contributed by atoms with Crippen LogP contribution in [0.25, 0.3) is 0 Å². The Kier molecular flexibility index (Phi) is 4.01. The van der Waals surface area contributed by atoms with E-state index in [1.54, 1.807) is 26.0 Å². The molecule has 1 aromatic carbocycles. The third kappa shape index (κ3) is 3.21. The van der Waals surface area contributed by atoms with E-state index in [4.69, 9.17) is 5.73 Å². The third-order valence-electron chi connectivity index (χ3n) is 2.53. The quantitative estimate of drug-likeness (QED) is 0.846. The predicted octanol–water partition coefficient (Wildman–Crippen LogP) is 2.39. The van der Waals surface area contributed by atoms with E-state index < -0.39 is 0 Å². The van der Waals surface area contributed by atoms with Crippen molar-refractivity contribution in [2.75, 3.05) is 0 Å². The van der Waals surface area contributed by atoms with Crippen molar-refractivity contribution in [2.45, 2.75) is 29.9 Å². The van der Waals surface area contributed by atoms with E-state index in [0.29, 0.717) is 21.3 Å². The molecule has 0 amide bonds. The molecule has 19 heavy (non-hydrogen) atoms. The van der Waals surface area contributed by atoms with Crippen LogP contribution in [-0.2, 0) is 0 Å². The van der Waals surface area contributed by atoms with Gasteiger partial charge in [-0.15, -0.1) is 0 Å². The standard InChI is InChI=1S/C13H14FN3OS/c1-7-6-11(18)17-13(16-7)19-12-9(8(2)15)4-3-5-10(12)14/h3-6,8H,15H2,1-2H3,(H,16,17,18)/t8-/m0/s1. The molecule has 0 bridgehead atoms. The van der Waals surface area contributed by atoms with Crippen LogP contribution in [0.5, 0.6) is 0 Å². The number of H-pyrrole nitrogens is 1. The molecular weight excluding hydrogens is 265 g/mol. The van der Waals surface area contributed by atoms with E-state index in [1.807, 2.05) is 0 Å². The molecule has 2 rings (SSSR count). The zero-order valence-corrected chi connectivity index (χ0v) is 11.4. The zero-order chi connectivity index (χ0) is 14.0. The highest BCUT2D eigenvalue weighted by molar-refractivity contribution is 7.99. The van der Waals surface area contributed by atoms with Gasteiger partial charge in [0.15, 0.2) is 5.16 Å². The number of hydrogen-bond acceptors (Lipinski definition) is 4. The Bertz CT molecular complexity index is 655. The number of halogens is 1. The molecule has 0 spiro atoms. The fourth-order valence-corrected chi connectivity index (χ4v) is 2.76. The average molecular weight is 279 g/mol. The van der Waals surface area contributed by atoms with Crippen molar-refractivity contribution in [3.8, 4) is 0 Å². The summed E-state index contributed by atoms with van der Waals surface area (Å²) in [7, 11) is 0. The first-order chi connectivity index (χ1) is 8.97. The van der Waals surface area contributed by atoms with Crippen molar-refractivity contribution in [3.05, 3.63) is 51.7 Å². The smallest absolute Gasteiger partial charge is 0.251 e. The van der Waals surface area contributed by atoms with Gasteiger partial charge in [-0.25, -0.2) is 9.37 Å². The average Bonchev–Trinajstić information content (AvgIpc) is 2.30. The number of nitrogens with one attached hydrogen (secondary N) is 1. The zero-order valence-electron chi connectivity index (χ0n) is 10.6. The highest BCUT2D eigenvalue weighted by atomic mass is 32.2. The SMILES string of the molecule is Cc1cc(=O)[nH]c(Sc2c(F)cccc2[C@H](C)N)n1. The maximum atomic E-state index is 13.9. The molecule has 0 aliphatic heterocycles. The lowest BCUT2D eigenvalue weighted by molar-refractivity contribution is 0.591. The Morgan fingerprint density at radius 3 is 2.84 bits per heavy atom. The first-order valence-electron chi connectivity index (χ1n) is 5.77. The number of nitrogens with two attached hydrogens (primary N) is 1. The summed E-state index contributed by atoms with van der Waals surface area (Å²) in [6.07, 6.45) is 0. The van der Waals surface area contributed by atoms with Gasteiger partial charge in [-0.3, -0.25) is 4.79 Å². The summed E-state index contributed by atoms with van der Waals surface area (Å²) in [6, 6.07) is 5.84. The van der Waals surface area contributed by atoms with Crippen molar-refractivity contribution in [2.24, 2.45) is 5.73 Å². The minimum atomic E-state index is -0.371. The number of aryl methyl sites for hydroxylation is 1. The summed E-state index contributed by atoms with van der Waals surface area (Å²) in [5.41, 5.74) is 6.85. The molecule has 2 aromatic rings. The second-order valence-corrected chi connectivity index (χ2v) is 5.24. The van der Waals surface area contributed by atoms with Crippen LogP contribution in [0.1, 0.15) is 24.2 Å². The van der Waals surface area contributed by atoms with Crippen molar-refractivity contribution in [3.63, 3.8) is 0 Å². The largest absolute Gasteiger partial charge is 0.324 e. The summed E-state index contributed by atoms with van der Waals surface area (Å²) in [5.74, 6) is -0.371. The van der Waals surface area contributed by atoms with Crippen molar-refractivity contribution in [1.82, 2.24) is 9.97 Å². The van der Waals surface area contributed by atoms with Crippen LogP contribution in [0.15, 0.2) is 39.1 Å². The van der Waals surface area contributed by atoms with E-state index in [1.165, 1.54) is 12.1 Å². The maximum absolute atomic E-state index is 13.9. The molecule has 1 heterocycles. The Morgan fingerprint density at radius 2 is 2.21 bits per heavy atom. The van der Waals surface area contributed by atoms with Crippen molar-refractivity contribution in [1.29, 1.82) is 0 Å². The van der Waals surface area contributed by atoms with Gasteiger partial charge < -0.3 is 10.7 Å². The van der Waals surface area contributed by atoms with Gasteiger partial charge in [0, 0.05) is 17.8 Å². The molecule has 100 valence electrons. The Balaban J connectivity index is 2.45. The van der Waals surface area contributed by atoms with E-state index in [2.05, 4.69) is 9.97 Å². The number of nitrogens with zero attached hydrogens (tertiary/aromatic N) is 1. The minimum Gasteiger partial charge on any atom is -0.324 e. The monoisotopic (exact) mass is 279 g/mol. The molecule has 4 nitrogen and oxygen atoms in total. The molecule has 0 fully saturated rings. The number of hydrogen-bond donors (Lipinski definition) is 2. The van der Waals surface area contributed by atoms with Gasteiger partial charge >= 0.3 is 0 Å².